The molecular weight excluding hydrogens is 434 g/mol. The van der Waals surface area contributed by atoms with Crippen molar-refractivity contribution in [2.45, 2.75) is 13.0 Å². The van der Waals surface area contributed by atoms with Crippen LogP contribution in [0.4, 0.5) is 25.2 Å². The van der Waals surface area contributed by atoms with Crippen molar-refractivity contribution in [3.8, 4) is 16.9 Å². The molecule has 0 aliphatic heterocycles. The van der Waals surface area contributed by atoms with Crippen molar-refractivity contribution in [2.24, 2.45) is 5.73 Å². The number of alkyl halides is 1. The van der Waals surface area contributed by atoms with Crippen molar-refractivity contribution in [1.29, 1.82) is 0 Å². The van der Waals surface area contributed by atoms with Crippen LogP contribution in [0.15, 0.2) is 53.5 Å². The highest BCUT2D eigenvalue weighted by Gasteiger charge is 2.13. The molecule has 33 heavy (non-hydrogen) atoms. The number of hydrogen-bond acceptors (Lipinski definition) is 6. The van der Waals surface area contributed by atoms with Gasteiger partial charge in [-0.1, -0.05) is 24.3 Å². The Balaban J connectivity index is 1.68. The van der Waals surface area contributed by atoms with E-state index in [1.165, 1.54) is 30.5 Å². The number of amides is 2. The lowest BCUT2D eigenvalue weighted by molar-refractivity contribution is 0.192. The van der Waals surface area contributed by atoms with Gasteiger partial charge in [-0.25, -0.2) is 13.6 Å². The number of benzene rings is 2. The van der Waals surface area contributed by atoms with Crippen LogP contribution in [0, 0.1) is 5.82 Å². The minimum atomic E-state index is -1.06. The summed E-state index contributed by atoms with van der Waals surface area (Å²) in [5, 5.41) is 7.99. The number of urea groups is 1. The fourth-order valence-corrected chi connectivity index (χ4v) is 3.02. The second-order valence-electron chi connectivity index (χ2n) is 6.93. The highest BCUT2D eigenvalue weighted by atomic mass is 19.1. The van der Waals surface area contributed by atoms with E-state index in [0.717, 1.165) is 18.5 Å². The fourth-order valence-electron chi connectivity index (χ4n) is 3.02. The SMILES string of the molecule is NCCCNCc1ccc(-c2c[nH]c(NC(=O)Nc3ccccc3OCF)nc2=O)c(F)c1. The van der Waals surface area contributed by atoms with Crippen molar-refractivity contribution >= 4 is 17.7 Å². The Morgan fingerprint density at radius 1 is 1.15 bits per heavy atom. The van der Waals surface area contributed by atoms with Crippen molar-refractivity contribution in [2.75, 3.05) is 30.6 Å². The zero-order valence-electron chi connectivity index (χ0n) is 17.7. The molecule has 3 rings (SSSR count). The normalized spacial score (nSPS) is 10.6. The van der Waals surface area contributed by atoms with Crippen molar-refractivity contribution in [3.63, 3.8) is 0 Å². The lowest BCUT2D eigenvalue weighted by atomic mass is 10.1. The molecule has 0 saturated carbocycles. The summed E-state index contributed by atoms with van der Waals surface area (Å²) in [6.45, 7) is 0.714. The molecule has 1 aromatic heterocycles. The van der Waals surface area contributed by atoms with Gasteiger partial charge in [0.1, 0.15) is 11.6 Å². The van der Waals surface area contributed by atoms with Crippen molar-refractivity contribution < 1.29 is 18.3 Å². The van der Waals surface area contributed by atoms with Gasteiger partial charge in [0.05, 0.1) is 11.3 Å². The zero-order valence-corrected chi connectivity index (χ0v) is 17.7. The molecule has 1 heterocycles. The summed E-state index contributed by atoms with van der Waals surface area (Å²) in [4.78, 5) is 31.1. The average molecular weight is 458 g/mol. The average Bonchev–Trinajstić information content (AvgIpc) is 2.79. The van der Waals surface area contributed by atoms with Crippen LogP contribution in [0.1, 0.15) is 12.0 Å². The van der Waals surface area contributed by atoms with Crippen LogP contribution >= 0.6 is 0 Å². The molecule has 0 atom stereocenters. The van der Waals surface area contributed by atoms with Gasteiger partial charge in [-0.15, -0.1) is 0 Å². The Labute approximate surface area is 188 Å². The number of aromatic nitrogens is 2. The molecular formula is C22H24F2N6O3. The highest BCUT2D eigenvalue weighted by Crippen LogP contribution is 2.24. The summed E-state index contributed by atoms with van der Waals surface area (Å²) in [5.41, 5.74) is 5.77. The number of carbonyl (C=O) groups is 1. The number of carbonyl (C=O) groups excluding carboxylic acids is 1. The molecule has 3 aromatic rings. The lowest BCUT2D eigenvalue weighted by Crippen LogP contribution is -2.23. The topological polar surface area (TPSA) is 134 Å². The number of halogens is 2. The third kappa shape index (κ3) is 6.57. The molecule has 174 valence electrons. The molecule has 11 heteroatoms. The van der Waals surface area contributed by atoms with Crippen LogP contribution in [0.25, 0.3) is 11.1 Å². The van der Waals surface area contributed by atoms with Crippen LogP contribution in [-0.2, 0) is 6.54 Å². The summed E-state index contributed by atoms with van der Waals surface area (Å²) in [6.07, 6.45) is 2.08. The molecule has 0 spiro atoms. The van der Waals surface area contributed by atoms with Crippen molar-refractivity contribution in [3.05, 3.63) is 70.4 Å². The Bertz CT molecular complexity index is 1150. The van der Waals surface area contributed by atoms with Crippen molar-refractivity contribution in [1.82, 2.24) is 15.3 Å². The van der Waals surface area contributed by atoms with E-state index in [0.29, 0.717) is 13.1 Å². The van der Waals surface area contributed by atoms with Gasteiger partial charge >= 0.3 is 6.03 Å². The van der Waals surface area contributed by atoms with Gasteiger partial charge in [-0.2, -0.15) is 4.98 Å². The minimum absolute atomic E-state index is 0.0165. The van der Waals surface area contributed by atoms with E-state index in [1.807, 2.05) is 0 Å². The minimum Gasteiger partial charge on any atom is -0.461 e. The first-order valence-electron chi connectivity index (χ1n) is 10.2. The molecule has 0 radical (unpaired) electrons. The van der Waals surface area contributed by atoms with E-state index in [4.69, 9.17) is 10.5 Å². The van der Waals surface area contributed by atoms with Crippen LogP contribution in [0.3, 0.4) is 0 Å². The first kappa shape index (κ1) is 23.8. The quantitative estimate of drug-likeness (QED) is 0.297. The molecule has 0 saturated heterocycles. The number of hydrogen-bond donors (Lipinski definition) is 5. The van der Waals surface area contributed by atoms with E-state index in [2.05, 4.69) is 25.9 Å². The Morgan fingerprint density at radius 2 is 1.97 bits per heavy atom. The second kappa shape index (κ2) is 11.7. The standard InChI is InChI=1S/C22H24F2N6O3/c23-13-33-19-5-2-1-4-18(19)28-22(32)30-21-27-12-16(20(31)29-21)15-7-6-14(10-17(15)24)11-26-9-3-8-25/h1-2,4-7,10,12,26H,3,8-9,11,13,25H2,(H3,27,28,29,30,31,32). The third-order valence-electron chi connectivity index (χ3n) is 4.58. The smallest absolute Gasteiger partial charge is 0.326 e. The van der Waals surface area contributed by atoms with E-state index in [-0.39, 0.29) is 28.5 Å². The maximum Gasteiger partial charge on any atom is 0.326 e. The van der Waals surface area contributed by atoms with Crippen LogP contribution in [-0.4, -0.2) is 35.9 Å². The van der Waals surface area contributed by atoms with Crippen LogP contribution in [0.2, 0.25) is 0 Å². The Kier molecular flexibility index (Phi) is 8.44. The van der Waals surface area contributed by atoms with Gasteiger partial charge < -0.3 is 26.1 Å². The molecule has 0 aliphatic rings. The summed E-state index contributed by atoms with van der Waals surface area (Å²) < 4.78 is 31.9. The van der Waals surface area contributed by atoms with Gasteiger partial charge in [-0.3, -0.25) is 10.1 Å². The van der Waals surface area contributed by atoms with Gasteiger partial charge in [0.2, 0.25) is 12.8 Å². The van der Waals surface area contributed by atoms with Gasteiger partial charge in [0, 0.05) is 18.3 Å². The Morgan fingerprint density at radius 3 is 2.70 bits per heavy atom. The number of nitrogens with two attached hydrogens (primary N) is 1. The van der Waals surface area contributed by atoms with Crippen LogP contribution < -0.4 is 32.0 Å². The summed E-state index contributed by atoms with van der Waals surface area (Å²) in [7, 11) is 0. The lowest BCUT2D eigenvalue weighted by Gasteiger charge is -2.11. The maximum absolute atomic E-state index is 14.6. The van der Waals surface area contributed by atoms with Crippen LogP contribution in [0.5, 0.6) is 5.75 Å². The molecule has 2 amide bonds. The molecule has 2 aromatic carbocycles. The maximum atomic E-state index is 14.6. The monoisotopic (exact) mass is 458 g/mol. The number of nitrogens with zero attached hydrogens (tertiary/aromatic N) is 1. The van der Waals surface area contributed by atoms with Gasteiger partial charge in [0.25, 0.3) is 5.56 Å². The van der Waals surface area contributed by atoms with E-state index in [1.54, 1.807) is 18.2 Å². The Hall–Kier alpha value is -3.83. The molecule has 0 unspecified atom stereocenters. The number of ether oxygens (including phenoxy) is 1. The van der Waals surface area contributed by atoms with E-state index < -0.39 is 24.3 Å². The predicted octanol–water partition coefficient (Wildman–Crippen LogP) is 2.96. The number of nitrogens with one attached hydrogen (secondary N) is 4. The zero-order chi connectivity index (χ0) is 23.6. The largest absolute Gasteiger partial charge is 0.461 e. The van der Waals surface area contributed by atoms with E-state index in [9.17, 15) is 18.4 Å². The molecule has 0 aliphatic carbocycles. The van der Waals surface area contributed by atoms with Gasteiger partial charge in [0.15, 0.2) is 0 Å². The van der Waals surface area contributed by atoms with Gasteiger partial charge in [-0.05, 0) is 43.3 Å². The predicted molar refractivity (Wildman–Crippen MR) is 121 cm³/mol. The molecule has 0 fully saturated rings. The number of anilines is 2. The molecule has 9 nitrogen and oxygen atoms in total. The summed E-state index contributed by atoms with van der Waals surface area (Å²) in [5.74, 6) is -0.574. The number of para-hydroxylation sites is 2. The first-order valence-corrected chi connectivity index (χ1v) is 10.2. The second-order valence-corrected chi connectivity index (χ2v) is 6.93. The molecule has 6 N–H and O–H groups in total. The molecule has 0 bridgehead atoms. The van der Waals surface area contributed by atoms with E-state index >= 15 is 0 Å². The third-order valence-corrected chi connectivity index (χ3v) is 4.58. The number of rotatable bonds is 10. The summed E-state index contributed by atoms with van der Waals surface area (Å²) >= 11 is 0. The number of aromatic amines is 1. The summed E-state index contributed by atoms with van der Waals surface area (Å²) in [6, 6.07) is 10.1. The fraction of sp³-hybridized carbons (Fsp3) is 0.227. The number of H-pyrrole nitrogens is 1. The highest BCUT2D eigenvalue weighted by molar-refractivity contribution is 5.99. The first-order chi connectivity index (χ1) is 16.0.